The number of carbonyl (C=O) groups is 1. The molecule has 4 heteroatoms. The van der Waals surface area contributed by atoms with Gasteiger partial charge in [-0.25, -0.2) is 0 Å². The van der Waals surface area contributed by atoms with E-state index in [2.05, 4.69) is 21.6 Å². The van der Waals surface area contributed by atoms with Crippen molar-refractivity contribution in [2.24, 2.45) is 5.92 Å². The molecule has 1 amide bonds. The molecule has 0 bridgehead atoms. The summed E-state index contributed by atoms with van der Waals surface area (Å²) >= 11 is 2.09. The smallest absolute Gasteiger partial charge is 0.225 e. The van der Waals surface area contributed by atoms with Crippen molar-refractivity contribution >= 4 is 17.7 Å². The van der Waals surface area contributed by atoms with Crippen molar-refractivity contribution in [2.75, 3.05) is 37.7 Å². The molecule has 3 fully saturated rings. The summed E-state index contributed by atoms with van der Waals surface area (Å²) in [4.78, 5) is 17.0. The lowest BCUT2D eigenvalue weighted by molar-refractivity contribution is -0.138. The summed E-state index contributed by atoms with van der Waals surface area (Å²) < 4.78 is 0. The topological polar surface area (TPSA) is 23.6 Å². The molecule has 1 aliphatic carbocycles. The van der Waals surface area contributed by atoms with Gasteiger partial charge in [0.15, 0.2) is 0 Å². The second-order valence-electron chi connectivity index (χ2n) is 5.86. The summed E-state index contributed by atoms with van der Waals surface area (Å²) in [6.45, 7) is 4.26. The lowest BCUT2D eigenvalue weighted by Crippen LogP contribution is -2.42. The Hall–Kier alpha value is -0.220. The minimum atomic E-state index is 0.374. The Labute approximate surface area is 114 Å². The third-order valence-corrected chi connectivity index (χ3v) is 5.86. The van der Waals surface area contributed by atoms with Gasteiger partial charge in [-0.15, -0.1) is 0 Å². The summed E-state index contributed by atoms with van der Waals surface area (Å²) in [5.74, 6) is 3.45. The zero-order valence-electron chi connectivity index (χ0n) is 11.1. The Bertz CT molecular complexity index is 300. The van der Waals surface area contributed by atoms with Crippen molar-refractivity contribution in [3.63, 3.8) is 0 Å². The molecule has 0 radical (unpaired) electrons. The number of rotatable bonds is 2. The minimum Gasteiger partial charge on any atom is -0.341 e. The van der Waals surface area contributed by atoms with Crippen LogP contribution in [0.5, 0.6) is 0 Å². The van der Waals surface area contributed by atoms with Gasteiger partial charge in [0.25, 0.3) is 0 Å². The predicted octanol–water partition coefficient (Wildman–Crippen LogP) is 1.83. The average molecular weight is 268 g/mol. The molecule has 102 valence electrons. The van der Waals surface area contributed by atoms with Crippen LogP contribution in [0, 0.1) is 5.92 Å². The molecule has 3 rings (SSSR count). The van der Waals surface area contributed by atoms with Gasteiger partial charge in [0.2, 0.25) is 5.91 Å². The van der Waals surface area contributed by atoms with Gasteiger partial charge < -0.3 is 4.90 Å². The third-order valence-electron chi connectivity index (χ3n) is 4.72. The van der Waals surface area contributed by atoms with E-state index in [1.807, 2.05) is 0 Å². The highest BCUT2D eigenvalue weighted by molar-refractivity contribution is 7.99. The maximum atomic E-state index is 12.3. The molecular formula is C14H24N2OS. The predicted molar refractivity (Wildman–Crippen MR) is 75.8 cm³/mol. The van der Waals surface area contributed by atoms with Crippen LogP contribution in [0.4, 0.5) is 0 Å². The van der Waals surface area contributed by atoms with Crippen LogP contribution in [0.25, 0.3) is 0 Å². The quantitative estimate of drug-likeness (QED) is 0.763. The van der Waals surface area contributed by atoms with Gasteiger partial charge in [0, 0.05) is 43.9 Å². The number of hydrogen-bond acceptors (Lipinski definition) is 3. The molecule has 1 saturated carbocycles. The summed E-state index contributed by atoms with van der Waals surface area (Å²) in [6, 6.07) is 0.786. The molecule has 0 aromatic rings. The van der Waals surface area contributed by atoms with Crippen LogP contribution in [0.1, 0.15) is 32.1 Å². The molecule has 3 nitrogen and oxygen atoms in total. The Morgan fingerprint density at radius 2 is 1.89 bits per heavy atom. The highest BCUT2D eigenvalue weighted by Crippen LogP contribution is 2.29. The standard InChI is InChI=1S/C14H24N2OS/c17-14(12-3-1-4-12)16-7-2-6-15(8-9-16)13-5-10-18-11-13/h12-13H,1-11H2/t13-/m1/s1. The third kappa shape index (κ3) is 2.69. The molecule has 0 N–H and O–H groups in total. The Balaban J connectivity index is 1.52. The lowest BCUT2D eigenvalue weighted by Gasteiger charge is -2.31. The average Bonchev–Trinajstić information content (AvgIpc) is 2.71. The largest absolute Gasteiger partial charge is 0.341 e. The van der Waals surface area contributed by atoms with Crippen LogP contribution < -0.4 is 0 Å². The van der Waals surface area contributed by atoms with Crippen LogP contribution in [0.3, 0.4) is 0 Å². The fourth-order valence-electron chi connectivity index (χ4n) is 3.25. The first-order valence-electron chi connectivity index (χ1n) is 7.45. The van der Waals surface area contributed by atoms with Gasteiger partial charge in [-0.1, -0.05) is 6.42 Å². The van der Waals surface area contributed by atoms with Crippen molar-refractivity contribution in [1.29, 1.82) is 0 Å². The zero-order valence-corrected chi connectivity index (χ0v) is 12.0. The number of thioether (sulfide) groups is 1. The van der Waals surface area contributed by atoms with E-state index in [0.29, 0.717) is 11.8 Å². The first-order chi connectivity index (χ1) is 8.84. The highest BCUT2D eigenvalue weighted by atomic mass is 32.2. The molecule has 0 spiro atoms. The van der Waals surface area contributed by atoms with Crippen molar-refractivity contribution in [3.05, 3.63) is 0 Å². The normalized spacial score (nSPS) is 31.1. The van der Waals surface area contributed by atoms with E-state index in [-0.39, 0.29) is 0 Å². The van der Waals surface area contributed by atoms with Crippen molar-refractivity contribution < 1.29 is 4.79 Å². The van der Waals surface area contributed by atoms with Crippen molar-refractivity contribution in [1.82, 2.24) is 9.80 Å². The fraction of sp³-hybridized carbons (Fsp3) is 0.929. The molecule has 0 aromatic carbocycles. The first kappa shape index (κ1) is 12.8. The summed E-state index contributed by atoms with van der Waals surface area (Å²) in [5, 5.41) is 0. The molecule has 2 saturated heterocycles. The SMILES string of the molecule is O=C(C1CCC1)N1CCCN([C@@H]2CCSC2)CC1. The molecular weight excluding hydrogens is 244 g/mol. The second-order valence-corrected chi connectivity index (χ2v) is 7.01. The second kappa shape index (κ2) is 5.83. The van der Waals surface area contributed by atoms with Gasteiger partial charge in [-0.05, 0) is 31.4 Å². The van der Waals surface area contributed by atoms with E-state index in [1.165, 1.54) is 37.3 Å². The van der Waals surface area contributed by atoms with Gasteiger partial charge in [0.1, 0.15) is 0 Å². The molecule has 2 heterocycles. The van der Waals surface area contributed by atoms with Gasteiger partial charge in [-0.2, -0.15) is 11.8 Å². The van der Waals surface area contributed by atoms with Crippen LogP contribution >= 0.6 is 11.8 Å². The van der Waals surface area contributed by atoms with Crippen molar-refractivity contribution in [2.45, 2.75) is 38.1 Å². The van der Waals surface area contributed by atoms with E-state index in [4.69, 9.17) is 0 Å². The van der Waals surface area contributed by atoms with Gasteiger partial charge in [0.05, 0.1) is 0 Å². The zero-order chi connectivity index (χ0) is 12.4. The van der Waals surface area contributed by atoms with Crippen LogP contribution in [-0.4, -0.2) is 59.4 Å². The van der Waals surface area contributed by atoms with E-state index >= 15 is 0 Å². The van der Waals surface area contributed by atoms with Gasteiger partial charge >= 0.3 is 0 Å². The van der Waals surface area contributed by atoms with Crippen LogP contribution in [0.15, 0.2) is 0 Å². The molecule has 0 unspecified atom stereocenters. The highest BCUT2D eigenvalue weighted by Gasteiger charge is 2.31. The van der Waals surface area contributed by atoms with E-state index < -0.39 is 0 Å². The fourth-order valence-corrected chi connectivity index (χ4v) is 4.50. The molecule has 18 heavy (non-hydrogen) atoms. The van der Waals surface area contributed by atoms with Crippen LogP contribution in [0.2, 0.25) is 0 Å². The van der Waals surface area contributed by atoms with Gasteiger partial charge in [-0.3, -0.25) is 9.69 Å². The number of hydrogen-bond donors (Lipinski definition) is 0. The summed E-state index contributed by atoms with van der Waals surface area (Å²) in [6.07, 6.45) is 6.05. The first-order valence-corrected chi connectivity index (χ1v) is 8.60. The molecule has 0 aromatic heterocycles. The Morgan fingerprint density at radius 3 is 2.56 bits per heavy atom. The van der Waals surface area contributed by atoms with Crippen molar-refractivity contribution in [3.8, 4) is 0 Å². The summed E-state index contributed by atoms with van der Waals surface area (Å²) in [7, 11) is 0. The minimum absolute atomic E-state index is 0.374. The molecule has 2 aliphatic heterocycles. The molecule has 3 aliphatic rings. The number of nitrogens with zero attached hydrogens (tertiary/aromatic N) is 2. The number of amides is 1. The lowest BCUT2D eigenvalue weighted by atomic mass is 9.84. The summed E-state index contributed by atoms with van der Waals surface area (Å²) in [5.41, 5.74) is 0. The maximum Gasteiger partial charge on any atom is 0.225 e. The Kier molecular flexibility index (Phi) is 4.14. The van der Waals surface area contributed by atoms with E-state index in [1.54, 1.807) is 0 Å². The Morgan fingerprint density at radius 1 is 1.00 bits per heavy atom. The van der Waals surface area contributed by atoms with E-state index in [0.717, 1.165) is 38.5 Å². The van der Waals surface area contributed by atoms with E-state index in [9.17, 15) is 4.79 Å². The van der Waals surface area contributed by atoms with Crippen LogP contribution in [-0.2, 0) is 4.79 Å². The number of carbonyl (C=O) groups excluding carboxylic acids is 1. The maximum absolute atomic E-state index is 12.3. The molecule has 1 atom stereocenters. The monoisotopic (exact) mass is 268 g/mol.